The van der Waals surface area contributed by atoms with Crippen LogP contribution in [0.5, 0.6) is 0 Å². The Morgan fingerprint density at radius 2 is 1.75 bits per heavy atom. The maximum atomic E-state index is 12.6. The average molecular weight is 538 g/mol. The van der Waals surface area contributed by atoms with Crippen molar-refractivity contribution in [2.24, 2.45) is 0 Å². The summed E-state index contributed by atoms with van der Waals surface area (Å²) in [5.74, 6) is -0.284. The third-order valence-corrected chi connectivity index (χ3v) is 7.87. The van der Waals surface area contributed by atoms with Crippen LogP contribution in [0.2, 0.25) is 10.0 Å². The minimum atomic E-state index is -0.284. The molecule has 4 aromatic rings. The Labute approximate surface area is 225 Å². The van der Waals surface area contributed by atoms with Crippen LogP contribution in [0.15, 0.2) is 72.4 Å². The number of thiazole rings is 1. The summed E-state index contributed by atoms with van der Waals surface area (Å²) in [6.45, 7) is 1.97. The lowest BCUT2D eigenvalue weighted by molar-refractivity contribution is 0.0951. The number of nitrogens with one attached hydrogen (secondary N) is 1. The van der Waals surface area contributed by atoms with E-state index < -0.39 is 0 Å². The molecule has 0 radical (unpaired) electrons. The van der Waals surface area contributed by atoms with Gasteiger partial charge in [-0.3, -0.25) is 14.7 Å². The van der Waals surface area contributed by atoms with Crippen molar-refractivity contribution in [3.8, 4) is 0 Å². The first-order valence-corrected chi connectivity index (χ1v) is 13.6. The predicted octanol–water partition coefficient (Wildman–Crippen LogP) is 6.85. The van der Waals surface area contributed by atoms with E-state index in [1.54, 1.807) is 29.5 Å². The van der Waals surface area contributed by atoms with Gasteiger partial charge >= 0.3 is 0 Å². The second-order valence-corrected chi connectivity index (χ2v) is 10.7. The molecule has 0 aliphatic heterocycles. The number of hydrogen-bond acceptors (Lipinski definition) is 5. The first kappa shape index (κ1) is 24.9. The maximum Gasteiger partial charge on any atom is 0.254 e. The Bertz CT molecular complexity index is 1310. The van der Waals surface area contributed by atoms with Crippen molar-refractivity contribution in [2.75, 3.05) is 0 Å². The van der Waals surface area contributed by atoms with Gasteiger partial charge in [0.2, 0.25) is 0 Å². The quantitative estimate of drug-likeness (QED) is 0.267. The molecular formula is C28H26Cl2N4OS. The summed E-state index contributed by atoms with van der Waals surface area (Å²) in [5, 5.41) is 6.73. The third-order valence-electron chi connectivity index (χ3n) is 6.48. The van der Waals surface area contributed by atoms with Gasteiger partial charge in [0.1, 0.15) is 5.01 Å². The molecule has 1 unspecified atom stereocenters. The van der Waals surface area contributed by atoms with Gasteiger partial charge in [0.15, 0.2) is 0 Å². The first-order valence-electron chi connectivity index (χ1n) is 11.9. The second-order valence-electron chi connectivity index (χ2n) is 8.88. The minimum Gasteiger partial charge on any atom is -0.348 e. The lowest BCUT2D eigenvalue weighted by Gasteiger charge is -2.34. The summed E-state index contributed by atoms with van der Waals surface area (Å²) in [7, 11) is 0. The van der Waals surface area contributed by atoms with E-state index in [-0.39, 0.29) is 11.9 Å². The van der Waals surface area contributed by atoms with E-state index in [0.29, 0.717) is 22.2 Å². The molecule has 5 rings (SSSR count). The van der Waals surface area contributed by atoms with Crippen LogP contribution in [0.3, 0.4) is 0 Å². The van der Waals surface area contributed by atoms with Crippen LogP contribution in [0.4, 0.5) is 0 Å². The number of rotatable bonds is 8. The highest BCUT2D eigenvalue weighted by atomic mass is 35.5. The van der Waals surface area contributed by atoms with Gasteiger partial charge in [0.05, 0.1) is 33.9 Å². The Hall–Kier alpha value is -2.77. The van der Waals surface area contributed by atoms with Crippen molar-refractivity contribution >= 4 is 40.4 Å². The van der Waals surface area contributed by atoms with Crippen LogP contribution in [0.25, 0.3) is 0 Å². The molecule has 1 aliphatic carbocycles. The average Bonchev–Trinajstić information content (AvgIpc) is 3.41. The number of aryl methyl sites for hydroxylation is 1. The van der Waals surface area contributed by atoms with Gasteiger partial charge in [0, 0.05) is 30.9 Å². The molecule has 0 saturated carbocycles. The molecule has 1 N–H and O–H groups in total. The van der Waals surface area contributed by atoms with E-state index in [2.05, 4.69) is 45.5 Å². The monoisotopic (exact) mass is 536 g/mol. The van der Waals surface area contributed by atoms with Crippen LogP contribution in [-0.4, -0.2) is 20.8 Å². The standard InChI is InChI=1S/C28H26Cl2N4OS/c29-22-6-2-7-23(30)26(22)28(35)33-16-19-9-11-20(12-10-19)17-34(18-25-31-14-15-36-25)24-8-1-4-21-5-3-13-32-27(21)24/h2-3,5-7,9-15,24H,1,4,8,16-18H2,(H,33,35). The van der Waals surface area contributed by atoms with E-state index >= 15 is 0 Å². The number of amides is 1. The first-order chi connectivity index (χ1) is 17.6. The van der Waals surface area contributed by atoms with E-state index in [1.807, 2.05) is 23.8 Å². The number of nitrogens with zero attached hydrogens (tertiary/aromatic N) is 3. The number of halogens is 2. The number of fused-ring (bicyclic) bond motifs is 1. The van der Waals surface area contributed by atoms with Crippen LogP contribution < -0.4 is 5.32 Å². The van der Waals surface area contributed by atoms with Gasteiger partial charge in [-0.15, -0.1) is 11.3 Å². The van der Waals surface area contributed by atoms with Crippen molar-refractivity contribution in [3.63, 3.8) is 0 Å². The zero-order valence-corrected chi connectivity index (χ0v) is 22.0. The zero-order valence-electron chi connectivity index (χ0n) is 19.7. The number of carbonyl (C=O) groups is 1. The summed E-state index contributed by atoms with van der Waals surface area (Å²) in [4.78, 5) is 24.4. The SMILES string of the molecule is O=C(NCc1ccc(CN(Cc2nccs2)C2CCCc3cccnc32)cc1)c1c(Cl)cccc1Cl. The highest BCUT2D eigenvalue weighted by molar-refractivity contribution is 7.09. The Balaban J connectivity index is 1.29. The molecule has 0 fully saturated rings. The van der Waals surface area contributed by atoms with Crippen molar-refractivity contribution in [1.82, 2.24) is 20.2 Å². The van der Waals surface area contributed by atoms with Gasteiger partial charge in [-0.25, -0.2) is 4.98 Å². The van der Waals surface area contributed by atoms with E-state index in [1.165, 1.54) is 16.8 Å². The van der Waals surface area contributed by atoms with E-state index in [0.717, 1.165) is 42.9 Å². The maximum absolute atomic E-state index is 12.6. The molecule has 36 heavy (non-hydrogen) atoms. The molecule has 1 atom stereocenters. The largest absolute Gasteiger partial charge is 0.348 e. The Kier molecular flexibility index (Phi) is 7.97. The van der Waals surface area contributed by atoms with E-state index in [9.17, 15) is 4.79 Å². The molecule has 2 aromatic heterocycles. The van der Waals surface area contributed by atoms with Gasteiger partial charge in [-0.1, -0.05) is 59.6 Å². The topological polar surface area (TPSA) is 58.1 Å². The highest BCUT2D eigenvalue weighted by Gasteiger charge is 2.28. The normalized spacial score (nSPS) is 15.0. The molecule has 8 heteroatoms. The zero-order chi connectivity index (χ0) is 24.9. The molecule has 5 nitrogen and oxygen atoms in total. The van der Waals surface area contributed by atoms with Crippen molar-refractivity contribution < 1.29 is 4.79 Å². The lowest BCUT2D eigenvalue weighted by Crippen LogP contribution is -2.31. The van der Waals surface area contributed by atoms with Crippen LogP contribution in [0, 0.1) is 0 Å². The van der Waals surface area contributed by atoms with Crippen molar-refractivity contribution in [3.05, 3.63) is 115 Å². The molecular weight excluding hydrogens is 511 g/mol. The molecule has 0 spiro atoms. The smallest absolute Gasteiger partial charge is 0.254 e. The molecule has 2 heterocycles. The molecule has 1 amide bonds. The molecule has 2 aromatic carbocycles. The van der Waals surface area contributed by atoms with E-state index in [4.69, 9.17) is 28.2 Å². The van der Waals surface area contributed by atoms with Gasteiger partial charge in [0.25, 0.3) is 5.91 Å². The Morgan fingerprint density at radius 1 is 0.972 bits per heavy atom. The third kappa shape index (κ3) is 5.79. The molecule has 184 valence electrons. The fraction of sp³-hybridized carbons (Fsp3) is 0.250. The fourth-order valence-electron chi connectivity index (χ4n) is 4.70. The summed E-state index contributed by atoms with van der Waals surface area (Å²) in [5.41, 5.74) is 5.06. The summed E-state index contributed by atoms with van der Waals surface area (Å²) < 4.78 is 0. The second kappa shape index (κ2) is 11.5. The summed E-state index contributed by atoms with van der Waals surface area (Å²) in [6, 6.07) is 17.9. The number of pyridine rings is 1. The summed E-state index contributed by atoms with van der Waals surface area (Å²) >= 11 is 14.0. The fourth-order valence-corrected chi connectivity index (χ4v) is 5.91. The number of aromatic nitrogens is 2. The number of hydrogen-bond donors (Lipinski definition) is 1. The van der Waals surface area contributed by atoms with Gasteiger partial charge in [-0.2, -0.15) is 0 Å². The Morgan fingerprint density at radius 3 is 2.50 bits per heavy atom. The summed E-state index contributed by atoms with van der Waals surface area (Å²) in [6.07, 6.45) is 7.10. The van der Waals surface area contributed by atoms with Crippen molar-refractivity contribution in [2.45, 2.75) is 44.9 Å². The molecule has 0 bridgehead atoms. The van der Waals surface area contributed by atoms with Crippen LogP contribution in [0.1, 0.15) is 56.6 Å². The number of benzene rings is 2. The lowest BCUT2D eigenvalue weighted by atomic mass is 9.90. The predicted molar refractivity (Wildman–Crippen MR) is 145 cm³/mol. The molecule has 1 aliphatic rings. The van der Waals surface area contributed by atoms with Crippen LogP contribution >= 0.6 is 34.5 Å². The number of carbonyl (C=O) groups excluding carboxylic acids is 1. The van der Waals surface area contributed by atoms with Crippen LogP contribution in [-0.2, 0) is 26.1 Å². The molecule has 0 saturated heterocycles. The minimum absolute atomic E-state index is 0.262. The van der Waals surface area contributed by atoms with Gasteiger partial charge < -0.3 is 5.32 Å². The van der Waals surface area contributed by atoms with Gasteiger partial charge in [-0.05, 0) is 54.2 Å². The van der Waals surface area contributed by atoms with Crippen molar-refractivity contribution in [1.29, 1.82) is 0 Å². The highest BCUT2D eigenvalue weighted by Crippen LogP contribution is 2.35.